The number of benzene rings is 1. The van der Waals surface area contributed by atoms with Crippen LogP contribution in [-0.2, 0) is 4.79 Å². The second-order valence-electron chi connectivity index (χ2n) is 3.59. The highest BCUT2D eigenvalue weighted by Crippen LogP contribution is 2.18. The Bertz CT molecular complexity index is 371. The molecule has 0 aliphatic heterocycles. The number of rotatable bonds is 3. The van der Waals surface area contributed by atoms with Crippen molar-refractivity contribution < 1.29 is 4.79 Å². The molecule has 1 aromatic rings. The molecule has 3 N–H and O–H groups in total. The zero-order chi connectivity index (χ0) is 11.4. The van der Waals surface area contributed by atoms with E-state index in [4.69, 9.17) is 5.73 Å². The van der Waals surface area contributed by atoms with Gasteiger partial charge in [0, 0.05) is 21.7 Å². The summed E-state index contributed by atoms with van der Waals surface area (Å²) in [4.78, 5) is 11.6. The maximum atomic E-state index is 11.6. The Balaban J connectivity index is 0.00000225. The lowest BCUT2D eigenvalue weighted by atomic mass is 10.1. The molecular weight excluding hydrogens is 338 g/mol. The van der Waals surface area contributed by atoms with Crippen LogP contribution in [0.5, 0.6) is 0 Å². The van der Waals surface area contributed by atoms with Crippen LogP contribution in [0.2, 0.25) is 0 Å². The molecule has 0 saturated heterocycles. The second kappa shape index (κ2) is 7.09. The minimum absolute atomic E-state index is 0. The van der Waals surface area contributed by atoms with Crippen molar-refractivity contribution in [3.05, 3.63) is 27.3 Å². The van der Waals surface area contributed by atoms with E-state index in [1.54, 1.807) is 0 Å². The summed E-state index contributed by atoms with van der Waals surface area (Å²) in [6.45, 7) is 4.16. The fourth-order valence-electron chi connectivity index (χ4n) is 1.13. The van der Waals surface area contributed by atoms with E-state index in [0.717, 1.165) is 14.8 Å². The van der Waals surface area contributed by atoms with Gasteiger partial charge in [0.2, 0.25) is 5.91 Å². The zero-order valence-electron chi connectivity index (χ0n) is 9.29. The van der Waals surface area contributed by atoms with Crippen molar-refractivity contribution in [2.75, 3.05) is 11.9 Å². The summed E-state index contributed by atoms with van der Waals surface area (Å²) >= 11 is 2.24. The first-order valence-electron chi connectivity index (χ1n) is 4.81. The Labute approximate surface area is 116 Å². The van der Waals surface area contributed by atoms with Crippen LogP contribution in [0.1, 0.15) is 12.5 Å². The van der Waals surface area contributed by atoms with Gasteiger partial charge < -0.3 is 11.1 Å². The number of halogens is 2. The molecule has 0 aliphatic carbocycles. The summed E-state index contributed by atoms with van der Waals surface area (Å²) in [5.74, 6) is -0.175. The van der Waals surface area contributed by atoms with Crippen LogP contribution < -0.4 is 11.1 Å². The number of hydrogen-bond acceptors (Lipinski definition) is 2. The summed E-state index contributed by atoms with van der Waals surface area (Å²) < 4.78 is 1.16. The smallest absolute Gasteiger partial charge is 0.228 e. The van der Waals surface area contributed by atoms with Crippen LogP contribution >= 0.6 is 35.0 Å². The summed E-state index contributed by atoms with van der Waals surface area (Å²) in [5.41, 5.74) is 7.36. The number of amides is 1. The lowest BCUT2D eigenvalue weighted by Crippen LogP contribution is -2.26. The van der Waals surface area contributed by atoms with Crippen molar-refractivity contribution in [3.8, 4) is 0 Å². The van der Waals surface area contributed by atoms with Crippen LogP contribution in [-0.4, -0.2) is 12.5 Å². The van der Waals surface area contributed by atoms with Gasteiger partial charge in [-0.25, -0.2) is 0 Å². The highest BCUT2D eigenvalue weighted by molar-refractivity contribution is 14.1. The van der Waals surface area contributed by atoms with Crippen LogP contribution in [0.4, 0.5) is 5.69 Å². The lowest BCUT2D eigenvalue weighted by molar-refractivity contribution is -0.119. The van der Waals surface area contributed by atoms with E-state index in [2.05, 4.69) is 27.9 Å². The van der Waals surface area contributed by atoms with Gasteiger partial charge in [-0.3, -0.25) is 4.79 Å². The van der Waals surface area contributed by atoms with E-state index in [0.29, 0.717) is 6.54 Å². The molecule has 0 fully saturated rings. The molecular formula is C11H16ClIN2O. The minimum atomic E-state index is -0.149. The van der Waals surface area contributed by atoms with Gasteiger partial charge in [0.15, 0.2) is 0 Å². The molecule has 5 heteroatoms. The van der Waals surface area contributed by atoms with Crippen molar-refractivity contribution in [1.82, 2.24) is 0 Å². The molecule has 0 aromatic heterocycles. The minimum Gasteiger partial charge on any atom is -0.330 e. The van der Waals surface area contributed by atoms with Crippen LogP contribution in [0, 0.1) is 16.4 Å². The first-order chi connectivity index (χ1) is 7.04. The molecule has 1 aromatic carbocycles. The van der Waals surface area contributed by atoms with Gasteiger partial charge in [-0.2, -0.15) is 0 Å². The molecule has 1 atom stereocenters. The molecule has 16 heavy (non-hydrogen) atoms. The van der Waals surface area contributed by atoms with Crippen LogP contribution in [0.15, 0.2) is 18.2 Å². The Morgan fingerprint density at radius 2 is 2.19 bits per heavy atom. The molecule has 0 heterocycles. The van der Waals surface area contributed by atoms with Crippen molar-refractivity contribution in [2.24, 2.45) is 11.7 Å². The van der Waals surface area contributed by atoms with E-state index >= 15 is 0 Å². The van der Waals surface area contributed by atoms with Crippen molar-refractivity contribution >= 4 is 46.6 Å². The van der Waals surface area contributed by atoms with E-state index in [9.17, 15) is 4.79 Å². The molecule has 90 valence electrons. The molecule has 1 amide bonds. The highest BCUT2D eigenvalue weighted by atomic mass is 127. The number of nitrogens with one attached hydrogen (secondary N) is 1. The number of aryl methyl sites for hydroxylation is 1. The first kappa shape index (κ1) is 15.7. The van der Waals surface area contributed by atoms with E-state index < -0.39 is 0 Å². The fourth-order valence-corrected chi connectivity index (χ4v) is 1.78. The van der Waals surface area contributed by atoms with E-state index in [1.807, 2.05) is 32.0 Å². The molecule has 1 rings (SSSR count). The van der Waals surface area contributed by atoms with E-state index in [1.165, 1.54) is 0 Å². The molecule has 3 nitrogen and oxygen atoms in total. The molecule has 0 spiro atoms. The standard InChI is InChI=1S/C11H15IN2O.ClH/c1-7-5-9(12)3-4-10(7)14-11(15)8(2)6-13;/h3-5,8H,6,13H2,1-2H3,(H,14,15);1H. The molecule has 0 aliphatic rings. The van der Waals surface area contributed by atoms with Crippen molar-refractivity contribution in [2.45, 2.75) is 13.8 Å². The van der Waals surface area contributed by atoms with Gasteiger partial charge in [0.25, 0.3) is 0 Å². The van der Waals surface area contributed by atoms with Gasteiger partial charge >= 0.3 is 0 Å². The highest BCUT2D eigenvalue weighted by Gasteiger charge is 2.11. The third-order valence-electron chi connectivity index (χ3n) is 2.25. The molecule has 0 radical (unpaired) electrons. The maximum absolute atomic E-state index is 11.6. The lowest BCUT2D eigenvalue weighted by Gasteiger charge is -2.12. The normalized spacial score (nSPS) is 11.5. The SMILES string of the molecule is Cc1cc(I)ccc1NC(=O)C(C)CN.Cl. The Hall–Kier alpha value is -0.330. The largest absolute Gasteiger partial charge is 0.330 e. The average molecular weight is 355 g/mol. The summed E-state index contributed by atoms with van der Waals surface area (Å²) in [7, 11) is 0. The van der Waals surface area contributed by atoms with Crippen molar-refractivity contribution in [1.29, 1.82) is 0 Å². The van der Waals surface area contributed by atoms with Gasteiger partial charge in [-0.15, -0.1) is 12.4 Å². The number of carbonyl (C=O) groups is 1. The second-order valence-corrected chi connectivity index (χ2v) is 4.83. The third-order valence-corrected chi connectivity index (χ3v) is 2.92. The quantitative estimate of drug-likeness (QED) is 0.820. The first-order valence-corrected chi connectivity index (χ1v) is 5.89. The zero-order valence-corrected chi connectivity index (χ0v) is 12.3. The number of carbonyl (C=O) groups excluding carboxylic acids is 1. The number of anilines is 1. The summed E-state index contributed by atoms with van der Waals surface area (Å²) in [6, 6.07) is 5.91. The van der Waals surface area contributed by atoms with E-state index in [-0.39, 0.29) is 24.2 Å². The molecule has 1 unspecified atom stereocenters. The van der Waals surface area contributed by atoms with Crippen LogP contribution in [0.3, 0.4) is 0 Å². The van der Waals surface area contributed by atoms with Gasteiger partial charge in [-0.05, 0) is 53.3 Å². The monoisotopic (exact) mass is 354 g/mol. The summed E-state index contributed by atoms with van der Waals surface area (Å²) in [5, 5.41) is 2.87. The predicted octanol–water partition coefficient (Wildman–Crippen LogP) is 2.55. The van der Waals surface area contributed by atoms with Gasteiger partial charge in [0.1, 0.15) is 0 Å². The van der Waals surface area contributed by atoms with Gasteiger partial charge in [0.05, 0.1) is 0 Å². The Morgan fingerprint density at radius 3 is 2.69 bits per heavy atom. The van der Waals surface area contributed by atoms with Crippen molar-refractivity contribution in [3.63, 3.8) is 0 Å². The van der Waals surface area contributed by atoms with Gasteiger partial charge in [-0.1, -0.05) is 6.92 Å². The van der Waals surface area contributed by atoms with Crippen LogP contribution in [0.25, 0.3) is 0 Å². The maximum Gasteiger partial charge on any atom is 0.228 e. The number of nitrogens with two attached hydrogens (primary N) is 1. The third kappa shape index (κ3) is 4.27. The topological polar surface area (TPSA) is 55.1 Å². The fraction of sp³-hybridized carbons (Fsp3) is 0.364. The average Bonchev–Trinajstić information content (AvgIpc) is 2.20. The molecule has 0 bridgehead atoms. The molecule has 0 saturated carbocycles. The Kier molecular flexibility index (Phi) is 6.94. The number of hydrogen-bond donors (Lipinski definition) is 2. The Morgan fingerprint density at radius 1 is 1.56 bits per heavy atom. The summed E-state index contributed by atoms with van der Waals surface area (Å²) in [6.07, 6.45) is 0. The predicted molar refractivity (Wildman–Crippen MR) is 78.0 cm³/mol.